The molecule has 7 nitrogen and oxygen atoms in total. The minimum atomic E-state index is -0.0999. The van der Waals surface area contributed by atoms with Crippen molar-refractivity contribution in [3.8, 4) is 5.75 Å². The number of piperidine rings is 1. The van der Waals surface area contributed by atoms with Gasteiger partial charge < -0.3 is 19.5 Å². The molecule has 0 saturated carbocycles. The van der Waals surface area contributed by atoms with Crippen molar-refractivity contribution >= 4 is 11.9 Å². The minimum Gasteiger partial charge on any atom is -0.489 e. The topological polar surface area (TPSA) is 72.3 Å². The predicted octanol–water partition coefficient (Wildman–Crippen LogP) is 2.00. The van der Waals surface area contributed by atoms with Crippen LogP contribution in [-0.2, 0) is 7.05 Å². The number of aryl methyl sites for hydroxylation is 1. The Bertz CT molecular complexity index is 720. The highest BCUT2D eigenvalue weighted by atomic mass is 16.5. The van der Waals surface area contributed by atoms with Gasteiger partial charge in [-0.15, -0.1) is 0 Å². The van der Waals surface area contributed by atoms with E-state index in [4.69, 9.17) is 4.74 Å². The standard InChI is InChI=1S/C18H25N5O2/c1-13(2)25-16-10-14(11-19-12-16)17(24)21-15-4-7-23(8-5-15)18-20-6-9-22(18)3/h6,9-13,15H,4-5,7-8H2,1-3H3,(H,21,24). The largest absolute Gasteiger partial charge is 0.489 e. The number of nitrogens with zero attached hydrogens (tertiary/aromatic N) is 4. The summed E-state index contributed by atoms with van der Waals surface area (Å²) in [5, 5.41) is 3.11. The zero-order valence-electron chi connectivity index (χ0n) is 15.0. The predicted molar refractivity (Wildman–Crippen MR) is 95.9 cm³/mol. The van der Waals surface area contributed by atoms with Crippen molar-refractivity contribution in [1.29, 1.82) is 0 Å². The van der Waals surface area contributed by atoms with Crippen molar-refractivity contribution in [2.75, 3.05) is 18.0 Å². The molecule has 134 valence electrons. The summed E-state index contributed by atoms with van der Waals surface area (Å²) in [7, 11) is 2.00. The molecule has 1 aliphatic heterocycles. The summed E-state index contributed by atoms with van der Waals surface area (Å²) in [5.41, 5.74) is 0.532. The maximum Gasteiger partial charge on any atom is 0.253 e. The van der Waals surface area contributed by atoms with Crippen LogP contribution in [-0.4, -0.2) is 45.7 Å². The van der Waals surface area contributed by atoms with Gasteiger partial charge in [0.1, 0.15) is 5.75 Å². The second-order valence-corrected chi connectivity index (χ2v) is 6.65. The molecule has 1 amide bonds. The van der Waals surface area contributed by atoms with Crippen LogP contribution >= 0.6 is 0 Å². The minimum absolute atomic E-state index is 0.0514. The molecule has 25 heavy (non-hydrogen) atoms. The van der Waals surface area contributed by atoms with Crippen molar-refractivity contribution in [3.63, 3.8) is 0 Å². The van der Waals surface area contributed by atoms with Gasteiger partial charge in [-0.2, -0.15) is 0 Å². The van der Waals surface area contributed by atoms with Crippen LogP contribution in [0.3, 0.4) is 0 Å². The fourth-order valence-electron chi connectivity index (χ4n) is 3.03. The van der Waals surface area contributed by atoms with Crippen LogP contribution in [0.1, 0.15) is 37.0 Å². The molecule has 0 unspecified atom stereocenters. The fraction of sp³-hybridized carbons (Fsp3) is 0.500. The molecule has 0 aliphatic carbocycles. The first-order valence-electron chi connectivity index (χ1n) is 8.68. The molecule has 0 atom stereocenters. The van der Waals surface area contributed by atoms with Crippen LogP contribution in [0.2, 0.25) is 0 Å². The maximum atomic E-state index is 12.5. The van der Waals surface area contributed by atoms with Gasteiger partial charge in [-0.3, -0.25) is 9.78 Å². The van der Waals surface area contributed by atoms with Crippen LogP contribution in [0.15, 0.2) is 30.9 Å². The van der Waals surface area contributed by atoms with E-state index in [0.29, 0.717) is 11.3 Å². The maximum absolute atomic E-state index is 12.5. The van der Waals surface area contributed by atoms with Gasteiger partial charge in [0.15, 0.2) is 0 Å². The molecule has 1 fully saturated rings. The quantitative estimate of drug-likeness (QED) is 0.899. The van der Waals surface area contributed by atoms with Gasteiger partial charge in [0.2, 0.25) is 5.95 Å². The van der Waals surface area contributed by atoms with Gasteiger partial charge in [-0.25, -0.2) is 4.98 Å². The zero-order chi connectivity index (χ0) is 17.8. The van der Waals surface area contributed by atoms with Gasteiger partial charge in [0.05, 0.1) is 17.9 Å². The van der Waals surface area contributed by atoms with E-state index in [2.05, 4.69) is 20.2 Å². The lowest BCUT2D eigenvalue weighted by Crippen LogP contribution is -2.45. The highest BCUT2D eigenvalue weighted by Gasteiger charge is 2.23. The van der Waals surface area contributed by atoms with Gasteiger partial charge in [0, 0.05) is 44.8 Å². The lowest BCUT2D eigenvalue weighted by Gasteiger charge is -2.33. The van der Waals surface area contributed by atoms with Gasteiger partial charge in [-0.05, 0) is 32.8 Å². The highest BCUT2D eigenvalue weighted by Crippen LogP contribution is 2.18. The number of rotatable bonds is 5. The molecule has 3 heterocycles. The zero-order valence-corrected chi connectivity index (χ0v) is 15.0. The summed E-state index contributed by atoms with van der Waals surface area (Å²) < 4.78 is 7.62. The lowest BCUT2D eigenvalue weighted by atomic mass is 10.0. The molecule has 1 aliphatic rings. The van der Waals surface area contributed by atoms with Crippen LogP contribution in [0, 0.1) is 0 Å². The van der Waals surface area contributed by atoms with Gasteiger partial charge >= 0.3 is 0 Å². The third-order valence-corrected chi connectivity index (χ3v) is 4.26. The molecule has 1 saturated heterocycles. The smallest absolute Gasteiger partial charge is 0.253 e. The van der Waals surface area contributed by atoms with Crippen molar-refractivity contribution in [3.05, 3.63) is 36.4 Å². The van der Waals surface area contributed by atoms with Crippen LogP contribution in [0.25, 0.3) is 0 Å². The number of imidazole rings is 1. The summed E-state index contributed by atoms with van der Waals surface area (Å²) in [5.74, 6) is 1.50. The molecule has 0 aromatic carbocycles. The number of carbonyl (C=O) groups excluding carboxylic acids is 1. The molecular formula is C18H25N5O2. The van der Waals surface area contributed by atoms with Crippen molar-refractivity contribution in [1.82, 2.24) is 19.9 Å². The van der Waals surface area contributed by atoms with Crippen LogP contribution in [0.4, 0.5) is 5.95 Å². The SMILES string of the molecule is CC(C)Oc1cncc(C(=O)NC2CCN(c3nccn3C)CC2)c1. The first kappa shape index (κ1) is 17.3. The summed E-state index contributed by atoms with van der Waals surface area (Å²) >= 11 is 0. The summed E-state index contributed by atoms with van der Waals surface area (Å²) in [4.78, 5) is 23.2. The van der Waals surface area contributed by atoms with Crippen LogP contribution in [0.5, 0.6) is 5.75 Å². The number of amides is 1. The number of carbonyl (C=O) groups is 1. The monoisotopic (exact) mass is 343 g/mol. The molecular weight excluding hydrogens is 318 g/mol. The van der Waals surface area contributed by atoms with Gasteiger partial charge in [0.25, 0.3) is 5.91 Å². The number of aromatic nitrogens is 3. The molecule has 0 bridgehead atoms. The fourth-order valence-corrected chi connectivity index (χ4v) is 3.03. The molecule has 1 N–H and O–H groups in total. The van der Waals surface area contributed by atoms with E-state index < -0.39 is 0 Å². The third-order valence-electron chi connectivity index (χ3n) is 4.26. The average molecular weight is 343 g/mol. The Labute approximate surface area is 148 Å². The summed E-state index contributed by atoms with van der Waals surface area (Å²) in [6.45, 7) is 5.65. The Kier molecular flexibility index (Phi) is 5.21. The van der Waals surface area contributed by atoms with E-state index in [1.807, 2.05) is 37.9 Å². The summed E-state index contributed by atoms with van der Waals surface area (Å²) in [6, 6.07) is 1.91. The van der Waals surface area contributed by atoms with E-state index >= 15 is 0 Å². The second kappa shape index (κ2) is 7.55. The number of nitrogens with one attached hydrogen (secondary N) is 1. The van der Waals surface area contributed by atoms with Crippen molar-refractivity contribution < 1.29 is 9.53 Å². The Hall–Kier alpha value is -2.57. The van der Waals surface area contributed by atoms with E-state index in [9.17, 15) is 4.79 Å². The Morgan fingerprint density at radius 2 is 2.08 bits per heavy atom. The van der Waals surface area contributed by atoms with E-state index in [1.54, 1.807) is 18.5 Å². The molecule has 7 heteroatoms. The molecule has 0 radical (unpaired) electrons. The van der Waals surface area contributed by atoms with Gasteiger partial charge in [-0.1, -0.05) is 0 Å². The third kappa shape index (κ3) is 4.29. The molecule has 2 aromatic rings. The summed E-state index contributed by atoms with van der Waals surface area (Å²) in [6.07, 6.45) is 8.80. The second-order valence-electron chi connectivity index (χ2n) is 6.65. The number of anilines is 1. The number of hydrogen-bond donors (Lipinski definition) is 1. The molecule has 3 rings (SSSR count). The van der Waals surface area contributed by atoms with E-state index in [0.717, 1.165) is 31.9 Å². The van der Waals surface area contributed by atoms with E-state index in [-0.39, 0.29) is 18.1 Å². The number of pyridine rings is 1. The van der Waals surface area contributed by atoms with Crippen molar-refractivity contribution in [2.45, 2.75) is 38.8 Å². The first-order chi connectivity index (χ1) is 12.0. The first-order valence-corrected chi connectivity index (χ1v) is 8.68. The van der Waals surface area contributed by atoms with E-state index in [1.165, 1.54) is 0 Å². The average Bonchev–Trinajstić information content (AvgIpc) is 3.01. The highest BCUT2D eigenvalue weighted by molar-refractivity contribution is 5.94. The Balaban J connectivity index is 1.55. The van der Waals surface area contributed by atoms with Crippen molar-refractivity contribution in [2.24, 2.45) is 7.05 Å². The number of hydrogen-bond acceptors (Lipinski definition) is 5. The van der Waals surface area contributed by atoms with Crippen LogP contribution < -0.4 is 15.0 Å². The Morgan fingerprint density at radius 1 is 1.32 bits per heavy atom. The Morgan fingerprint density at radius 3 is 2.72 bits per heavy atom. The number of ether oxygens (including phenoxy) is 1. The molecule has 2 aromatic heterocycles. The lowest BCUT2D eigenvalue weighted by molar-refractivity contribution is 0.0930. The normalized spacial score (nSPS) is 15.4. The molecule has 0 spiro atoms.